The number of carbonyl (C=O) groups excluding carboxylic acids is 1. The monoisotopic (exact) mass is 478 g/mol. The summed E-state index contributed by atoms with van der Waals surface area (Å²) in [6, 6.07) is 7.93. The zero-order valence-corrected chi connectivity index (χ0v) is 17.9. The first-order valence-corrected chi connectivity index (χ1v) is 9.57. The number of aryl methyl sites for hydroxylation is 2. The number of methoxy groups -OCH3 is 1. The van der Waals surface area contributed by atoms with Gasteiger partial charge in [-0.2, -0.15) is 4.98 Å². The highest BCUT2D eigenvalue weighted by molar-refractivity contribution is 9.10. The average Bonchev–Trinajstić information content (AvgIpc) is 2.71. The SMILES string of the molecule is COC(=O)c1ccc(-n2c(C)nc(OCc3ccc(F)cc3F)c(Br)c2=O)c(C)c1. The van der Waals surface area contributed by atoms with Gasteiger partial charge in [0.25, 0.3) is 5.56 Å². The van der Waals surface area contributed by atoms with Gasteiger partial charge in [0, 0.05) is 11.6 Å². The molecule has 156 valence electrons. The van der Waals surface area contributed by atoms with E-state index in [0.29, 0.717) is 22.6 Å². The number of esters is 1. The second kappa shape index (κ2) is 8.74. The molecular weight excluding hydrogens is 462 g/mol. The zero-order chi connectivity index (χ0) is 22.0. The van der Waals surface area contributed by atoms with Crippen molar-refractivity contribution in [3.05, 3.63) is 85.4 Å². The fraction of sp³-hybridized carbons (Fsp3) is 0.190. The van der Waals surface area contributed by atoms with Gasteiger partial charge in [0.1, 0.15) is 28.5 Å². The number of hydrogen-bond donors (Lipinski definition) is 0. The van der Waals surface area contributed by atoms with Crippen molar-refractivity contribution in [3.8, 4) is 11.6 Å². The molecule has 3 rings (SSSR count). The number of benzene rings is 2. The largest absolute Gasteiger partial charge is 0.472 e. The second-order valence-electron chi connectivity index (χ2n) is 6.44. The molecule has 2 aromatic carbocycles. The molecule has 0 unspecified atom stereocenters. The van der Waals surface area contributed by atoms with Crippen LogP contribution in [0.2, 0.25) is 0 Å². The summed E-state index contributed by atoms with van der Waals surface area (Å²) in [7, 11) is 1.29. The lowest BCUT2D eigenvalue weighted by molar-refractivity contribution is 0.0600. The van der Waals surface area contributed by atoms with Gasteiger partial charge >= 0.3 is 5.97 Å². The van der Waals surface area contributed by atoms with Crippen molar-refractivity contribution in [2.24, 2.45) is 0 Å². The van der Waals surface area contributed by atoms with Crippen LogP contribution in [0.3, 0.4) is 0 Å². The lowest BCUT2D eigenvalue weighted by Gasteiger charge is -2.15. The minimum atomic E-state index is -0.752. The summed E-state index contributed by atoms with van der Waals surface area (Å²) in [5.74, 6) is -1.61. The van der Waals surface area contributed by atoms with Gasteiger partial charge in [-0.25, -0.2) is 13.6 Å². The van der Waals surface area contributed by atoms with Crippen molar-refractivity contribution in [3.63, 3.8) is 0 Å². The van der Waals surface area contributed by atoms with Gasteiger partial charge in [-0.05, 0) is 65.7 Å². The number of halogens is 3. The molecule has 3 aromatic rings. The summed E-state index contributed by atoms with van der Waals surface area (Å²) < 4.78 is 38.5. The maximum absolute atomic E-state index is 13.8. The van der Waals surface area contributed by atoms with E-state index >= 15 is 0 Å². The third kappa shape index (κ3) is 4.25. The van der Waals surface area contributed by atoms with Crippen molar-refractivity contribution in [2.75, 3.05) is 7.11 Å². The van der Waals surface area contributed by atoms with E-state index in [2.05, 4.69) is 20.9 Å². The van der Waals surface area contributed by atoms with Crippen molar-refractivity contribution < 1.29 is 23.0 Å². The number of carbonyl (C=O) groups is 1. The standard InChI is InChI=1S/C21H17BrF2N2O4/c1-11-8-13(21(28)29-3)5-7-17(11)26-12(2)25-19(18(22)20(26)27)30-10-14-4-6-15(23)9-16(14)24/h4-9H,10H2,1-3H3. The Morgan fingerprint density at radius 1 is 1.17 bits per heavy atom. The lowest BCUT2D eigenvalue weighted by atomic mass is 10.1. The molecule has 0 amide bonds. The highest BCUT2D eigenvalue weighted by atomic mass is 79.9. The fourth-order valence-electron chi connectivity index (χ4n) is 2.90. The molecule has 0 bridgehead atoms. The van der Waals surface area contributed by atoms with Crippen molar-refractivity contribution >= 4 is 21.9 Å². The third-order valence-electron chi connectivity index (χ3n) is 4.40. The number of nitrogens with zero attached hydrogens (tertiary/aromatic N) is 2. The molecule has 0 saturated heterocycles. The maximum atomic E-state index is 13.8. The van der Waals surface area contributed by atoms with Crippen molar-refractivity contribution in [1.82, 2.24) is 9.55 Å². The van der Waals surface area contributed by atoms with E-state index < -0.39 is 23.2 Å². The van der Waals surface area contributed by atoms with Crippen LogP contribution in [0.25, 0.3) is 5.69 Å². The Kier molecular flexibility index (Phi) is 6.31. The number of rotatable bonds is 5. The lowest BCUT2D eigenvalue weighted by Crippen LogP contribution is -2.24. The Hall–Kier alpha value is -3.07. The predicted molar refractivity (Wildman–Crippen MR) is 109 cm³/mol. The Morgan fingerprint density at radius 3 is 2.53 bits per heavy atom. The van der Waals surface area contributed by atoms with Crippen LogP contribution in [0.5, 0.6) is 5.88 Å². The predicted octanol–water partition coefficient (Wildman–Crippen LogP) is 4.26. The molecule has 0 aliphatic heterocycles. The number of aromatic nitrogens is 2. The van der Waals surface area contributed by atoms with Gasteiger partial charge in [0.05, 0.1) is 18.4 Å². The Bertz CT molecular complexity index is 1190. The van der Waals surface area contributed by atoms with Crippen molar-refractivity contribution in [2.45, 2.75) is 20.5 Å². The van der Waals surface area contributed by atoms with Crippen LogP contribution in [0.15, 0.2) is 45.7 Å². The van der Waals surface area contributed by atoms with Crippen LogP contribution < -0.4 is 10.3 Å². The quantitative estimate of drug-likeness (QED) is 0.512. The van der Waals surface area contributed by atoms with Crippen LogP contribution in [-0.4, -0.2) is 22.6 Å². The molecular formula is C21H17BrF2N2O4. The first-order valence-electron chi connectivity index (χ1n) is 8.78. The summed E-state index contributed by atoms with van der Waals surface area (Å²) >= 11 is 3.19. The van der Waals surface area contributed by atoms with Crippen LogP contribution in [0.1, 0.15) is 27.3 Å². The summed E-state index contributed by atoms with van der Waals surface area (Å²) in [6.45, 7) is 3.14. The van der Waals surface area contributed by atoms with Crippen LogP contribution in [0, 0.1) is 25.5 Å². The van der Waals surface area contributed by atoms with E-state index in [1.165, 1.54) is 17.7 Å². The molecule has 1 aromatic heterocycles. The fourth-order valence-corrected chi connectivity index (χ4v) is 3.28. The van der Waals surface area contributed by atoms with E-state index in [9.17, 15) is 18.4 Å². The topological polar surface area (TPSA) is 70.4 Å². The van der Waals surface area contributed by atoms with E-state index in [1.807, 2.05) is 0 Å². The summed E-state index contributed by atoms with van der Waals surface area (Å²) in [4.78, 5) is 28.9. The van der Waals surface area contributed by atoms with Gasteiger partial charge < -0.3 is 9.47 Å². The Morgan fingerprint density at radius 2 is 1.90 bits per heavy atom. The highest BCUT2D eigenvalue weighted by Gasteiger charge is 2.18. The maximum Gasteiger partial charge on any atom is 0.337 e. The molecule has 0 N–H and O–H groups in total. The van der Waals surface area contributed by atoms with Gasteiger partial charge in [-0.1, -0.05) is 0 Å². The normalized spacial score (nSPS) is 10.7. The number of hydrogen-bond acceptors (Lipinski definition) is 5. The highest BCUT2D eigenvalue weighted by Crippen LogP contribution is 2.24. The van der Waals surface area contributed by atoms with Gasteiger partial charge in [0.2, 0.25) is 5.88 Å². The van der Waals surface area contributed by atoms with Gasteiger partial charge in [-0.15, -0.1) is 0 Å². The number of ether oxygens (including phenoxy) is 2. The molecule has 0 fully saturated rings. The minimum absolute atomic E-state index is 0.0127. The smallest absolute Gasteiger partial charge is 0.337 e. The first kappa shape index (κ1) is 21.6. The molecule has 0 atom stereocenters. The van der Waals surface area contributed by atoms with E-state index in [0.717, 1.165) is 12.1 Å². The van der Waals surface area contributed by atoms with Crippen LogP contribution >= 0.6 is 15.9 Å². The molecule has 0 aliphatic rings. The Labute approximate surface area is 179 Å². The third-order valence-corrected chi connectivity index (χ3v) is 5.08. The average molecular weight is 479 g/mol. The van der Waals surface area contributed by atoms with Crippen LogP contribution in [0.4, 0.5) is 8.78 Å². The molecule has 6 nitrogen and oxygen atoms in total. The van der Waals surface area contributed by atoms with Crippen molar-refractivity contribution in [1.29, 1.82) is 0 Å². The molecule has 30 heavy (non-hydrogen) atoms. The molecule has 9 heteroatoms. The molecule has 0 saturated carbocycles. The van der Waals surface area contributed by atoms with E-state index in [-0.39, 0.29) is 22.5 Å². The van der Waals surface area contributed by atoms with Crippen LogP contribution in [-0.2, 0) is 11.3 Å². The summed E-state index contributed by atoms with van der Waals surface area (Å²) in [5.41, 5.74) is 1.25. The molecule has 1 heterocycles. The first-order chi connectivity index (χ1) is 14.2. The molecule has 0 aliphatic carbocycles. The van der Waals surface area contributed by atoms with Gasteiger partial charge in [-0.3, -0.25) is 9.36 Å². The molecule has 0 radical (unpaired) electrons. The second-order valence-corrected chi connectivity index (χ2v) is 7.23. The zero-order valence-electron chi connectivity index (χ0n) is 16.3. The summed E-state index contributed by atoms with van der Waals surface area (Å²) in [6.07, 6.45) is 0. The minimum Gasteiger partial charge on any atom is -0.472 e. The van der Waals surface area contributed by atoms with E-state index in [1.54, 1.807) is 32.0 Å². The van der Waals surface area contributed by atoms with E-state index in [4.69, 9.17) is 9.47 Å². The summed E-state index contributed by atoms with van der Waals surface area (Å²) in [5, 5.41) is 0. The van der Waals surface area contributed by atoms with Gasteiger partial charge in [0.15, 0.2) is 0 Å². The Balaban J connectivity index is 1.95. The molecule has 0 spiro atoms.